The van der Waals surface area contributed by atoms with E-state index in [2.05, 4.69) is 30.5 Å². The van der Waals surface area contributed by atoms with Gasteiger partial charge in [-0.25, -0.2) is 4.98 Å². The number of anilines is 3. The van der Waals surface area contributed by atoms with Crippen LogP contribution in [-0.2, 0) is 0 Å². The van der Waals surface area contributed by atoms with E-state index in [0.29, 0.717) is 11.4 Å². The van der Waals surface area contributed by atoms with Crippen LogP contribution in [0.25, 0.3) is 33.1 Å². The van der Waals surface area contributed by atoms with Gasteiger partial charge in [0, 0.05) is 57.1 Å². The van der Waals surface area contributed by atoms with Crippen molar-refractivity contribution in [2.75, 3.05) is 11.1 Å². The molecular formula is C26H28N8O. The predicted molar refractivity (Wildman–Crippen MR) is 140 cm³/mol. The number of hydrogen-bond acceptors (Lipinski definition) is 6. The number of nitrogens with one attached hydrogen (secondary N) is 3. The zero-order valence-corrected chi connectivity index (χ0v) is 20.1. The first-order valence-electron chi connectivity index (χ1n) is 11.6. The number of aromatic nitrogens is 5. The van der Waals surface area contributed by atoms with Crippen LogP contribution in [0.15, 0.2) is 54.9 Å². The minimum absolute atomic E-state index is 0.0228. The minimum Gasteiger partial charge on any atom is -0.368 e. The molecule has 5 rings (SSSR count). The van der Waals surface area contributed by atoms with Gasteiger partial charge in [-0.15, -0.1) is 0 Å². The van der Waals surface area contributed by atoms with Gasteiger partial charge in [0.2, 0.25) is 5.95 Å². The molecule has 0 spiro atoms. The van der Waals surface area contributed by atoms with Crippen LogP contribution in [-0.4, -0.2) is 48.0 Å². The number of nitrogens with zero attached hydrogens (tertiary/aromatic N) is 4. The van der Waals surface area contributed by atoms with Gasteiger partial charge in [0.05, 0.1) is 11.7 Å². The number of hydrogen-bond donors (Lipinski definition) is 4. The molecule has 3 aromatic heterocycles. The Morgan fingerprint density at radius 2 is 1.89 bits per heavy atom. The van der Waals surface area contributed by atoms with E-state index in [0.717, 1.165) is 38.8 Å². The molecule has 0 aliphatic rings. The molecule has 0 fully saturated rings. The van der Waals surface area contributed by atoms with Gasteiger partial charge < -0.3 is 20.9 Å². The Balaban J connectivity index is 1.61. The van der Waals surface area contributed by atoms with Crippen LogP contribution in [0.4, 0.5) is 17.5 Å². The van der Waals surface area contributed by atoms with Crippen molar-refractivity contribution in [3.05, 3.63) is 60.4 Å². The highest BCUT2D eigenvalue weighted by Crippen LogP contribution is 2.34. The van der Waals surface area contributed by atoms with Crippen molar-refractivity contribution in [1.82, 2.24) is 30.0 Å². The molecular weight excluding hydrogens is 440 g/mol. The van der Waals surface area contributed by atoms with Crippen molar-refractivity contribution in [3.8, 4) is 11.3 Å². The highest BCUT2D eigenvalue weighted by molar-refractivity contribution is 6.08. The smallest absolute Gasteiger partial charge is 0.255 e. The summed E-state index contributed by atoms with van der Waals surface area (Å²) < 4.78 is 0. The first kappa shape index (κ1) is 22.4. The Hall–Kier alpha value is -4.40. The largest absolute Gasteiger partial charge is 0.368 e. The van der Waals surface area contributed by atoms with Crippen molar-refractivity contribution in [1.29, 1.82) is 0 Å². The molecule has 2 aromatic carbocycles. The molecule has 0 atom stereocenters. The minimum atomic E-state index is 0.0228. The van der Waals surface area contributed by atoms with E-state index in [1.165, 1.54) is 0 Å². The molecule has 9 heteroatoms. The van der Waals surface area contributed by atoms with Crippen LogP contribution >= 0.6 is 0 Å². The van der Waals surface area contributed by atoms with E-state index >= 15 is 0 Å². The molecule has 5 N–H and O–H groups in total. The molecule has 178 valence electrons. The van der Waals surface area contributed by atoms with Gasteiger partial charge in [0.1, 0.15) is 5.82 Å². The van der Waals surface area contributed by atoms with Crippen LogP contribution in [0.1, 0.15) is 38.1 Å². The fraction of sp³-hybridized carbons (Fsp3) is 0.231. The number of amides is 1. The highest BCUT2D eigenvalue weighted by Gasteiger charge is 2.24. The summed E-state index contributed by atoms with van der Waals surface area (Å²) in [6.07, 6.45) is 3.38. The number of rotatable bonds is 6. The number of nitrogen functional groups attached to an aromatic ring is 1. The average molecular weight is 469 g/mol. The fourth-order valence-electron chi connectivity index (χ4n) is 4.62. The second kappa shape index (κ2) is 8.75. The quantitative estimate of drug-likeness (QED) is 0.275. The lowest BCUT2D eigenvalue weighted by molar-refractivity contribution is 0.0646. The molecule has 3 heterocycles. The van der Waals surface area contributed by atoms with E-state index < -0.39 is 0 Å². The third-order valence-corrected chi connectivity index (χ3v) is 6.03. The lowest BCUT2D eigenvalue weighted by Gasteiger charge is -2.31. The first-order valence-corrected chi connectivity index (χ1v) is 11.6. The summed E-state index contributed by atoms with van der Waals surface area (Å²) in [7, 11) is 0. The first-order chi connectivity index (χ1) is 16.8. The molecule has 0 aliphatic heterocycles. The summed E-state index contributed by atoms with van der Waals surface area (Å²) in [5, 5.41) is 12.4. The van der Waals surface area contributed by atoms with Gasteiger partial charge in [-0.1, -0.05) is 6.07 Å². The number of H-pyrrole nitrogens is 2. The third kappa shape index (κ3) is 4.16. The maximum atomic E-state index is 13.5. The fourth-order valence-corrected chi connectivity index (χ4v) is 4.62. The SMILES string of the molecule is CC(C)N(C(=O)c1cccc2[nH]c(-c3cc(Nc4ccnc(N)n4)cc4cn[nH]c34)cc12)C(C)C. The van der Waals surface area contributed by atoms with Gasteiger partial charge in [0.15, 0.2) is 0 Å². The summed E-state index contributed by atoms with van der Waals surface area (Å²) in [4.78, 5) is 27.1. The van der Waals surface area contributed by atoms with E-state index in [-0.39, 0.29) is 23.9 Å². The summed E-state index contributed by atoms with van der Waals surface area (Å²) in [5.41, 5.74) is 10.8. The standard InChI is InChI=1S/C26H28N8O/c1-14(2)34(15(3)4)25(35)18-6-5-7-21-19(18)12-22(31-21)20-11-17(10-16-13-29-33-24(16)20)30-23-8-9-28-26(27)32-23/h5-15,31H,1-4H3,(H,29,33)(H3,27,28,30,32). The molecule has 0 unspecified atom stereocenters. The number of nitrogens with two attached hydrogens (primary N) is 1. The van der Waals surface area contributed by atoms with Gasteiger partial charge in [-0.3, -0.25) is 9.89 Å². The Morgan fingerprint density at radius 1 is 1.09 bits per heavy atom. The molecule has 5 aromatic rings. The second-order valence-electron chi connectivity index (χ2n) is 9.13. The molecule has 9 nitrogen and oxygen atoms in total. The second-order valence-corrected chi connectivity index (χ2v) is 9.13. The lowest BCUT2D eigenvalue weighted by atomic mass is 10.0. The Morgan fingerprint density at radius 3 is 2.63 bits per heavy atom. The number of aromatic amines is 2. The molecule has 0 saturated carbocycles. The molecule has 35 heavy (non-hydrogen) atoms. The number of fused-ring (bicyclic) bond motifs is 2. The van der Waals surface area contributed by atoms with Crippen LogP contribution in [0.3, 0.4) is 0 Å². The normalized spacial score (nSPS) is 11.6. The van der Waals surface area contributed by atoms with E-state index in [4.69, 9.17) is 5.73 Å². The molecule has 0 bridgehead atoms. The molecule has 0 radical (unpaired) electrons. The number of benzene rings is 2. The maximum Gasteiger partial charge on any atom is 0.255 e. The average Bonchev–Trinajstić information content (AvgIpc) is 3.44. The van der Waals surface area contributed by atoms with Gasteiger partial charge in [0.25, 0.3) is 5.91 Å². The Kier molecular flexibility index (Phi) is 5.60. The monoisotopic (exact) mass is 468 g/mol. The topological polar surface area (TPSA) is 129 Å². The Labute approximate surface area is 202 Å². The predicted octanol–water partition coefficient (Wildman–Crippen LogP) is 5.09. The van der Waals surface area contributed by atoms with Crippen LogP contribution in [0.2, 0.25) is 0 Å². The maximum absolute atomic E-state index is 13.5. The summed E-state index contributed by atoms with van der Waals surface area (Å²) in [6.45, 7) is 8.16. The van der Waals surface area contributed by atoms with Crippen LogP contribution < -0.4 is 11.1 Å². The van der Waals surface area contributed by atoms with E-state index in [9.17, 15) is 4.79 Å². The van der Waals surface area contributed by atoms with Crippen molar-refractivity contribution >= 4 is 45.2 Å². The van der Waals surface area contributed by atoms with Crippen LogP contribution in [0.5, 0.6) is 0 Å². The van der Waals surface area contributed by atoms with Gasteiger partial charge in [-0.05, 0) is 64.1 Å². The van der Waals surface area contributed by atoms with Crippen molar-refractivity contribution in [2.45, 2.75) is 39.8 Å². The van der Waals surface area contributed by atoms with Crippen molar-refractivity contribution in [3.63, 3.8) is 0 Å². The van der Waals surface area contributed by atoms with Crippen molar-refractivity contribution in [2.24, 2.45) is 0 Å². The van der Waals surface area contributed by atoms with Gasteiger partial charge in [-0.2, -0.15) is 10.1 Å². The summed E-state index contributed by atoms with van der Waals surface area (Å²) in [6, 6.07) is 13.8. The molecule has 0 aliphatic carbocycles. The molecule has 1 amide bonds. The molecule has 0 saturated heterocycles. The zero-order chi connectivity index (χ0) is 24.7. The third-order valence-electron chi connectivity index (χ3n) is 6.03. The summed E-state index contributed by atoms with van der Waals surface area (Å²) >= 11 is 0. The van der Waals surface area contributed by atoms with E-state index in [1.807, 2.05) is 69.0 Å². The number of carbonyl (C=O) groups is 1. The van der Waals surface area contributed by atoms with Crippen LogP contribution in [0, 0.1) is 0 Å². The summed E-state index contributed by atoms with van der Waals surface area (Å²) in [5.74, 6) is 0.817. The van der Waals surface area contributed by atoms with E-state index in [1.54, 1.807) is 18.5 Å². The lowest BCUT2D eigenvalue weighted by Crippen LogP contribution is -2.42. The highest BCUT2D eigenvalue weighted by atomic mass is 16.2. The van der Waals surface area contributed by atoms with Gasteiger partial charge >= 0.3 is 0 Å². The van der Waals surface area contributed by atoms with Crippen molar-refractivity contribution < 1.29 is 4.79 Å². The zero-order valence-electron chi connectivity index (χ0n) is 20.1. The number of carbonyl (C=O) groups excluding carboxylic acids is 1. The Bertz CT molecular complexity index is 1520.